The van der Waals surface area contributed by atoms with E-state index in [1.165, 1.54) is 23.9 Å². The number of thioether (sulfide) groups is 1. The second-order valence-electron chi connectivity index (χ2n) is 3.05. The van der Waals surface area contributed by atoms with E-state index in [2.05, 4.69) is 9.97 Å². The summed E-state index contributed by atoms with van der Waals surface area (Å²) < 4.78 is 0. The lowest BCUT2D eigenvalue weighted by molar-refractivity contribution is -0.384. The first-order valence-electron chi connectivity index (χ1n) is 4.37. The first-order valence-corrected chi connectivity index (χ1v) is 5.60. The van der Waals surface area contributed by atoms with Gasteiger partial charge >= 0.3 is 0 Å². The molecule has 6 nitrogen and oxygen atoms in total. The van der Waals surface area contributed by atoms with Gasteiger partial charge in [0.15, 0.2) is 0 Å². The van der Waals surface area contributed by atoms with Crippen molar-refractivity contribution in [1.29, 1.82) is 0 Å². The van der Waals surface area contributed by atoms with Crippen molar-refractivity contribution < 1.29 is 4.92 Å². The quantitative estimate of drug-likeness (QED) is 0.370. The highest BCUT2D eigenvalue weighted by molar-refractivity contribution is 7.98. The van der Waals surface area contributed by atoms with Crippen LogP contribution in [0.15, 0.2) is 23.2 Å². The number of nitrogens with zero attached hydrogens (tertiary/aromatic N) is 3. The Labute approximate surface area is 95.0 Å². The van der Waals surface area contributed by atoms with E-state index >= 15 is 0 Å². The minimum Gasteiger partial charge on any atom is -0.368 e. The summed E-state index contributed by atoms with van der Waals surface area (Å²) >= 11 is 1.38. The van der Waals surface area contributed by atoms with E-state index in [0.717, 1.165) is 0 Å². The van der Waals surface area contributed by atoms with Crippen LogP contribution >= 0.6 is 11.8 Å². The molecule has 2 aromatic rings. The molecule has 0 spiro atoms. The van der Waals surface area contributed by atoms with Gasteiger partial charge in [-0.2, -0.15) is 0 Å². The second-order valence-corrected chi connectivity index (χ2v) is 3.84. The lowest BCUT2D eigenvalue weighted by Crippen LogP contribution is -1.97. The van der Waals surface area contributed by atoms with Crippen LogP contribution in [-0.2, 0) is 0 Å². The largest absolute Gasteiger partial charge is 0.368 e. The Morgan fingerprint density at radius 3 is 2.81 bits per heavy atom. The zero-order valence-corrected chi connectivity index (χ0v) is 9.19. The molecule has 0 saturated carbocycles. The van der Waals surface area contributed by atoms with Crippen molar-refractivity contribution >= 4 is 34.3 Å². The van der Waals surface area contributed by atoms with E-state index < -0.39 is 4.92 Å². The summed E-state index contributed by atoms with van der Waals surface area (Å²) in [6.07, 6.45) is 1.83. The predicted octanol–water partition coefficient (Wildman–Crippen LogP) is 1.84. The molecule has 0 aliphatic rings. The van der Waals surface area contributed by atoms with Crippen molar-refractivity contribution in [2.45, 2.75) is 5.03 Å². The molecule has 0 bridgehead atoms. The van der Waals surface area contributed by atoms with Crippen molar-refractivity contribution in [1.82, 2.24) is 9.97 Å². The summed E-state index contributed by atoms with van der Waals surface area (Å²) in [5, 5.41) is 11.9. The topological polar surface area (TPSA) is 94.9 Å². The molecule has 1 aromatic heterocycles. The van der Waals surface area contributed by atoms with E-state index in [-0.39, 0.29) is 11.6 Å². The molecule has 1 aromatic carbocycles. The molecular weight excluding hydrogens is 228 g/mol. The second kappa shape index (κ2) is 3.93. The lowest BCUT2D eigenvalue weighted by atomic mass is 10.2. The summed E-state index contributed by atoms with van der Waals surface area (Å²) in [5.41, 5.74) is 6.17. The molecule has 2 N–H and O–H groups in total. The standard InChI is InChI=1S/C9H8N4O2S/c1-16-8-6-4-5(13(14)15)2-3-7(6)11-9(10)12-8/h2-4H,1H3,(H2,10,11,12). The number of fused-ring (bicyclic) bond motifs is 1. The van der Waals surface area contributed by atoms with Gasteiger partial charge in [0.1, 0.15) is 5.03 Å². The van der Waals surface area contributed by atoms with Crippen molar-refractivity contribution in [2.75, 3.05) is 12.0 Å². The Hall–Kier alpha value is -1.89. The minimum atomic E-state index is -0.445. The highest BCUT2D eigenvalue weighted by Gasteiger charge is 2.11. The molecule has 16 heavy (non-hydrogen) atoms. The van der Waals surface area contributed by atoms with Crippen molar-refractivity contribution in [3.8, 4) is 0 Å². The average Bonchev–Trinajstić information content (AvgIpc) is 2.27. The predicted molar refractivity (Wildman–Crippen MR) is 62.4 cm³/mol. The minimum absolute atomic E-state index is 0.0242. The van der Waals surface area contributed by atoms with Crippen LogP contribution in [0.1, 0.15) is 0 Å². The van der Waals surface area contributed by atoms with Crippen LogP contribution in [0.4, 0.5) is 11.6 Å². The van der Waals surface area contributed by atoms with Gasteiger partial charge in [0, 0.05) is 17.5 Å². The summed E-state index contributed by atoms with van der Waals surface area (Å²) in [7, 11) is 0. The SMILES string of the molecule is CSc1nc(N)nc2ccc([N+](=O)[O-])cc12. The summed E-state index contributed by atoms with van der Waals surface area (Å²) in [5.74, 6) is 0.172. The number of anilines is 1. The fourth-order valence-electron chi connectivity index (χ4n) is 1.37. The zero-order chi connectivity index (χ0) is 11.7. The molecule has 0 saturated heterocycles. The average molecular weight is 236 g/mol. The third-order valence-electron chi connectivity index (χ3n) is 2.07. The molecule has 0 unspecified atom stereocenters. The molecule has 2 rings (SSSR count). The zero-order valence-electron chi connectivity index (χ0n) is 8.38. The smallest absolute Gasteiger partial charge is 0.270 e. The number of rotatable bonds is 2. The molecule has 1 heterocycles. The number of aromatic nitrogens is 2. The van der Waals surface area contributed by atoms with Crippen LogP contribution < -0.4 is 5.73 Å². The van der Waals surface area contributed by atoms with Gasteiger partial charge in [0.2, 0.25) is 5.95 Å². The maximum absolute atomic E-state index is 10.6. The maximum atomic E-state index is 10.6. The number of nitro groups is 1. The highest BCUT2D eigenvalue weighted by Crippen LogP contribution is 2.27. The molecule has 0 fully saturated rings. The number of benzene rings is 1. The monoisotopic (exact) mass is 236 g/mol. The van der Waals surface area contributed by atoms with Crippen LogP contribution in [0.3, 0.4) is 0 Å². The molecular formula is C9H8N4O2S. The normalized spacial score (nSPS) is 10.6. The molecule has 0 amide bonds. The Morgan fingerprint density at radius 1 is 1.44 bits per heavy atom. The fourth-order valence-corrected chi connectivity index (χ4v) is 1.94. The van der Waals surface area contributed by atoms with Gasteiger partial charge in [0.25, 0.3) is 5.69 Å². The van der Waals surface area contributed by atoms with E-state index in [4.69, 9.17) is 5.73 Å². The van der Waals surface area contributed by atoms with Gasteiger partial charge < -0.3 is 5.73 Å². The Balaban J connectivity index is 2.75. The summed E-state index contributed by atoms with van der Waals surface area (Å²) in [4.78, 5) is 18.2. The molecule has 0 atom stereocenters. The number of nitro benzene ring substituents is 1. The number of nitrogen functional groups attached to an aromatic ring is 1. The Morgan fingerprint density at radius 2 is 2.19 bits per heavy atom. The molecule has 0 aliphatic carbocycles. The van der Waals surface area contributed by atoms with Gasteiger partial charge in [-0.05, 0) is 12.3 Å². The lowest BCUT2D eigenvalue weighted by Gasteiger charge is -2.03. The van der Waals surface area contributed by atoms with Crippen LogP contribution in [-0.4, -0.2) is 21.1 Å². The van der Waals surface area contributed by atoms with Crippen molar-refractivity contribution in [3.63, 3.8) is 0 Å². The fraction of sp³-hybridized carbons (Fsp3) is 0.111. The van der Waals surface area contributed by atoms with Crippen LogP contribution in [0, 0.1) is 10.1 Å². The Kier molecular flexibility index (Phi) is 2.61. The molecule has 7 heteroatoms. The van der Waals surface area contributed by atoms with Crippen LogP contribution in [0.2, 0.25) is 0 Å². The third-order valence-corrected chi connectivity index (χ3v) is 2.76. The van der Waals surface area contributed by atoms with Gasteiger partial charge in [-0.25, -0.2) is 9.97 Å². The van der Waals surface area contributed by atoms with E-state index in [9.17, 15) is 10.1 Å². The number of nitrogens with two attached hydrogens (primary N) is 1. The van der Waals surface area contributed by atoms with E-state index in [1.807, 2.05) is 6.26 Å². The van der Waals surface area contributed by atoms with Gasteiger partial charge in [0.05, 0.1) is 10.4 Å². The summed E-state index contributed by atoms with van der Waals surface area (Å²) in [6.45, 7) is 0. The number of hydrogen-bond donors (Lipinski definition) is 1. The molecule has 0 aliphatic heterocycles. The van der Waals surface area contributed by atoms with E-state index in [1.54, 1.807) is 6.07 Å². The maximum Gasteiger partial charge on any atom is 0.270 e. The first kappa shape index (κ1) is 10.6. The van der Waals surface area contributed by atoms with Gasteiger partial charge in [-0.15, -0.1) is 11.8 Å². The number of hydrogen-bond acceptors (Lipinski definition) is 6. The molecule has 0 radical (unpaired) electrons. The van der Waals surface area contributed by atoms with Crippen molar-refractivity contribution in [2.24, 2.45) is 0 Å². The Bertz CT molecular complexity index is 573. The first-order chi connectivity index (χ1) is 7.61. The van der Waals surface area contributed by atoms with Gasteiger partial charge in [-0.1, -0.05) is 0 Å². The highest BCUT2D eigenvalue weighted by atomic mass is 32.2. The van der Waals surface area contributed by atoms with Gasteiger partial charge in [-0.3, -0.25) is 10.1 Å². The number of non-ortho nitro benzene ring substituents is 1. The summed E-state index contributed by atoms with van der Waals surface area (Å²) in [6, 6.07) is 4.44. The van der Waals surface area contributed by atoms with Crippen LogP contribution in [0.5, 0.6) is 0 Å². The van der Waals surface area contributed by atoms with E-state index in [0.29, 0.717) is 15.9 Å². The third kappa shape index (κ3) is 1.76. The van der Waals surface area contributed by atoms with Crippen molar-refractivity contribution in [3.05, 3.63) is 28.3 Å². The van der Waals surface area contributed by atoms with Crippen LogP contribution in [0.25, 0.3) is 10.9 Å². The molecule has 82 valence electrons.